The molecule has 1 unspecified atom stereocenters. The van der Waals surface area contributed by atoms with Crippen LogP contribution in [0.4, 0.5) is 0 Å². The van der Waals surface area contributed by atoms with Crippen molar-refractivity contribution in [3.63, 3.8) is 0 Å². The van der Waals surface area contributed by atoms with Gasteiger partial charge in [-0.25, -0.2) is 13.1 Å². The zero-order chi connectivity index (χ0) is 15.6. The van der Waals surface area contributed by atoms with Crippen molar-refractivity contribution in [2.24, 2.45) is 5.92 Å². The van der Waals surface area contributed by atoms with Crippen molar-refractivity contribution in [3.05, 3.63) is 28.8 Å². The molecule has 0 aromatic heterocycles. The number of sulfonamides is 1. The second-order valence-corrected chi connectivity index (χ2v) is 7.74. The molecule has 5 heteroatoms. The maximum atomic E-state index is 12.7. The lowest BCUT2D eigenvalue weighted by molar-refractivity contribution is 0.0585. The van der Waals surface area contributed by atoms with Crippen molar-refractivity contribution in [1.29, 1.82) is 0 Å². The van der Waals surface area contributed by atoms with Gasteiger partial charge in [0.15, 0.2) is 0 Å². The number of hydrogen-bond acceptors (Lipinski definition) is 3. The van der Waals surface area contributed by atoms with Crippen LogP contribution in [0.5, 0.6) is 0 Å². The molecular weight excluding hydrogens is 286 g/mol. The Balaban J connectivity index is 2.22. The van der Waals surface area contributed by atoms with E-state index in [1.807, 2.05) is 39.8 Å². The number of ether oxygens (including phenoxy) is 1. The monoisotopic (exact) mass is 311 g/mol. The molecule has 1 aromatic carbocycles. The molecular formula is C16H25NO3S. The highest BCUT2D eigenvalue weighted by atomic mass is 32.2. The Labute approximate surface area is 127 Å². The lowest BCUT2D eigenvalue weighted by atomic mass is 9.94. The molecule has 0 bridgehead atoms. The third-order valence-electron chi connectivity index (χ3n) is 4.19. The van der Waals surface area contributed by atoms with Crippen LogP contribution in [-0.2, 0) is 14.8 Å². The zero-order valence-corrected chi connectivity index (χ0v) is 14.1. The molecule has 1 aliphatic rings. The van der Waals surface area contributed by atoms with E-state index in [1.165, 1.54) is 0 Å². The minimum atomic E-state index is -3.48. The molecule has 0 spiro atoms. The van der Waals surface area contributed by atoms with E-state index >= 15 is 0 Å². The Morgan fingerprint density at radius 2 is 1.67 bits per heavy atom. The third kappa shape index (κ3) is 3.84. The standard InChI is InChI=1S/C16H25NO3S/c1-11-9-12(2)16(13(3)10-11)21(18,19)17-14(4)15-5-7-20-8-6-15/h9-10,14-15,17H,5-8H2,1-4H3. The fraction of sp³-hybridized carbons (Fsp3) is 0.625. The van der Waals surface area contributed by atoms with E-state index in [0.29, 0.717) is 10.8 Å². The summed E-state index contributed by atoms with van der Waals surface area (Å²) >= 11 is 0. The number of hydrogen-bond donors (Lipinski definition) is 1. The Bertz CT molecular complexity index is 581. The van der Waals surface area contributed by atoms with Crippen molar-refractivity contribution in [3.8, 4) is 0 Å². The van der Waals surface area contributed by atoms with Crippen molar-refractivity contribution >= 4 is 10.0 Å². The van der Waals surface area contributed by atoms with Crippen molar-refractivity contribution < 1.29 is 13.2 Å². The van der Waals surface area contributed by atoms with Crippen LogP contribution in [0.15, 0.2) is 17.0 Å². The lowest BCUT2D eigenvalue weighted by Gasteiger charge is -2.28. The van der Waals surface area contributed by atoms with Gasteiger partial charge in [0, 0.05) is 19.3 Å². The average molecular weight is 311 g/mol. The molecule has 1 N–H and O–H groups in total. The van der Waals surface area contributed by atoms with E-state index in [9.17, 15) is 8.42 Å². The van der Waals surface area contributed by atoms with Crippen LogP contribution in [-0.4, -0.2) is 27.7 Å². The van der Waals surface area contributed by atoms with Crippen molar-refractivity contribution in [2.45, 2.75) is 51.5 Å². The average Bonchev–Trinajstić information content (AvgIpc) is 2.37. The first kappa shape index (κ1) is 16.5. The molecule has 0 saturated carbocycles. The van der Waals surface area contributed by atoms with Crippen molar-refractivity contribution in [1.82, 2.24) is 4.72 Å². The number of aryl methyl sites for hydroxylation is 3. The Morgan fingerprint density at radius 3 is 2.19 bits per heavy atom. The third-order valence-corrected chi connectivity index (χ3v) is 6.05. The molecule has 4 nitrogen and oxygen atoms in total. The first-order valence-corrected chi connectivity index (χ1v) is 8.97. The van der Waals surface area contributed by atoms with Crippen LogP contribution in [0.25, 0.3) is 0 Å². The highest BCUT2D eigenvalue weighted by Crippen LogP contribution is 2.24. The SMILES string of the molecule is Cc1cc(C)c(S(=O)(=O)NC(C)C2CCOCC2)c(C)c1. The van der Waals surface area contributed by atoms with Gasteiger partial charge in [-0.1, -0.05) is 17.7 Å². The molecule has 21 heavy (non-hydrogen) atoms. The number of rotatable bonds is 4. The summed E-state index contributed by atoms with van der Waals surface area (Å²) in [4.78, 5) is 0.423. The van der Waals surface area contributed by atoms with Crippen LogP contribution >= 0.6 is 0 Å². The van der Waals surface area contributed by atoms with Crippen molar-refractivity contribution in [2.75, 3.05) is 13.2 Å². The molecule has 118 valence electrons. The van der Waals surface area contributed by atoms with E-state index < -0.39 is 10.0 Å². The van der Waals surface area contributed by atoms with Gasteiger partial charge < -0.3 is 4.74 Å². The summed E-state index contributed by atoms with van der Waals surface area (Å²) in [7, 11) is -3.48. The van der Waals surface area contributed by atoms with Gasteiger partial charge in [-0.15, -0.1) is 0 Å². The van der Waals surface area contributed by atoms with E-state index in [-0.39, 0.29) is 6.04 Å². The summed E-state index contributed by atoms with van der Waals surface area (Å²) in [6.45, 7) is 9.08. The van der Waals surface area contributed by atoms with E-state index in [2.05, 4.69) is 4.72 Å². The van der Waals surface area contributed by atoms with Gasteiger partial charge in [0.05, 0.1) is 4.90 Å². The molecule has 1 aliphatic heterocycles. The molecule has 1 fully saturated rings. The van der Waals surface area contributed by atoms with E-state index in [0.717, 1.165) is 42.7 Å². The minimum absolute atomic E-state index is 0.0704. The topological polar surface area (TPSA) is 55.4 Å². The molecule has 1 aromatic rings. The normalized spacial score (nSPS) is 18.7. The van der Waals surface area contributed by atoms with Gasteiger partial charge in [0.2, 0.25) is 10.0 Å². The fourth-order valence-electron chi connectivity index (χ4n) is 3.21. The maximum Gasteiger partial charge on any atom is 0.241 e. The van der Waals surface area contributed by atoms with Crippen LogP contribution in [0, 0.1) is 26.7 Å². The van der Waals surface area contributed by atoms with Crippen LogP contribution < -0.4 is 4.72 Å². The molecule has 0 amide bonds. The first-order chi connectivity index (χ1) is 9.81. The zero-order valence-electron chi connectivity index (χ0n) is 13.3. The number of benzene rings is 1. The largest absolute Gasteiger partial charge is 0.381 e. The fourth-order valence-corrected chi connectivity index (χ4v) is 4.97. The molecule has 0 radical (unpaired) electrons. The molecule has 1 heterocycles. The smallest absolute Gasteiger partial charge is 0.241 e. The maximum absolute atomic E-state index is 12.7. The van der Waals surface area contributed by atoms with Crippen LogP contribution in [0.2, 0.25) is 0 Å². The molecule has 1 atom stereocenters. The van der Waals surface area contributed by atoms with Crippen LogP contribution in [0.1, 0.15) is 36.5 Å². The minimum Gasteiger partial charge on any atom is -0.381 e. The lowest BCUT2D eigenvalue weighted by Crippen LogP contribution is -2.40. The van der Waals surface area contributed by atoms with Gasteiger partial charge in [-0.2, -0.15) is 0 Å². The summed E-state index contributed by atoms with van der Waals surface area (Å²) < 4.78 is 33.6. The van der Waals surface area contributed by atoms with Gasteiger partial charge in [0.1, 0.15) is 0 Å². The second kappa shape index (κ2) is 6.46. The predicted molar refractivity (Wildman–Crippen MR) is 84.0 cm³/mol. The Hall–Kier alpha value is -0.910. The molecule has 2 rings (SSSR count). The first-order valence-electron chi connectivity index (χ1n) is 7.49. The van der Waals surface area contributed by atoms with Gasteiger partial charge in [0.25, 0.3) is 0 Å². The van der Waals surface area contributed by atoms with E-state index in [1.54, 1.807) is 0 Å². The van der Waals surface area contributed by atoms with E-state index in [4.69, 9.17) is 4.74 Å². The highest BCUT2D eigenvalue weighted by molar-refractivity contribution is 7.89. The molecule has 1 saturated heterocycles. The summed E-state index contributed by atoms with van der Waals surface area (Å²) in [6.07, 6.45) is 1.82. The Morgan fingerprint density at radius 1 is 1.14 bits per heavy atom. The highest BCUT2D eigenvalue weighted by Gasteiger charge is 2.27. The van der Waals surface area contributed by atoms with Gasteiger partial charge in [-0.05, 0) is 57.6 Å². The van der Waals surface area contributed by atoms with Crippen LogP contribution in [0.3, 0.4) is 0 Å². The summed E-state index contributed by atoms with van der Waals surface area (Å²) in [5.74, 6) is 0.347. The summed E-state index contributed by atoms with van der Waals surface area (Å²) in [6, 6.07) is 3.76. The summed E-state index contributed by atoms with van der Waals surface area (Å²) in [5, 5.41) is 0. The second-order valence-electron chi connectivity index (χ2n) is 6.09. The van der Waals surface area contributed by atoms with Gasteiger partial charge >= 0.3 is 0 Å². The number of nitrogens with one attached hydrogen (secondary N) is 1. The van der Waals surface area contributed by atoms with Gasteiger partial charge in [-0.3, -0.25) is 0 Å². The predicted octanol–water partition coefficient (Wildman–Crippen LogP) is 2.71. The summed E-state index contributed by atoms with van der Waals surface area (Å²) in [5.41, 5.74) is 2.69. The molecule has 0 aliphatic carbocycles. The quantitative estimate of drug-likeness (QED) is 0.930. The Kier molecular flexibility index (Phi) is 5.07.